The van der Waals surface area contributed by atoms with Crippen LogP contribution in [0.25, 0.3) is 11.3 Å². The van der Waals surface area contributed by atoms with Gasteiger partial charge in [0, 0.05) is 5.92 Å². The minimum Gasteiger partial charge on any atom is -0.342 e. The van der Waals surface area contributed by atoms with E-state index >= 15 is 0 Å². The molecule has 2 rings (SSSR count). The first kappa shape index (κ1) is 13.9. The van der Waals surface area contributed by atoms with Crippen LogP contribution in [0.15, 0.2) is 30.5 Å². The Morgan fingerprint density at radius 1 is 1.05 bits per heavy atom. The summed E-state index contributed by atoms with van der Waals surface area (Å²) in [4.78, 5) is 8.10. The molecule has 0 amide bonds. The van der Waals surface area contributed by atoms with Gasteiger partial charge in [0.15, 0.2) is 0 Å². The van der Waals surface area contributed by atoms with Crippen LogP contribution >= 0.6 is 0 Å². The fraction of sp³-hybridized carbons (Fsp3) is 0.471. The fourth-order valence-electron chi connectivity index (χ4n) is 2.54. The Labute approximate surface area is 116 Å². The van der Waals surface area contributed by atoms with Gasteiger partial charge in [-0.05, 0) is 25.3 Å². The molecule has 0 fully saturated rings. The van der Waals surface area contributed by atoms with Crippen LogP contribution in [0.4, 0.5) is 0 Å². The fourth-order valence-corrected chi connectivity index (χ4v) is 2.54. The van der Waals surface area contributed by atoms with Crippen LogP contribution in [0.5, 0.6) is 0 Å². The van der Waals surface area contributed by atoms with Crippen molar-refractivity contribution < 1.29 is 0 Å². The molecule has 0 radical (unpaired) electrons. The molecule has 102 valence electrons. The highest BCUT2D eigenvalue weighted by Gasteiger charge is 2.13. The molecule has 1 aromatic heterocycles. The quantitative estimate of drug-likeness (QED) is 0.767. The molecule has 1 heterocycles. The summed E-state index contributed by atoms with van der Waals surface area (Å²) in [5.41, 5.74) is 3.64. The first-order valence-electron chi connectivity index (χ1n) is 7.36. The maximum absolute atomic E-state index is 4.60. The van der Waals surface area contributed by atoms with Crippen molar-refractivity contribution in [3.05, 3.63) is 41.9 Å². The third kappa shape index (κ3) is 3.46. The van der Waals surface area contributed by atoms with Gasteiger partial charge in [-0.2, -0.15) is 0 Å². The van der Waals surface area contributed by atoms with Crippen molar-refractivity contribution in [2.24, 2.45) is 0 Å². The van der Waals surface area contributed by atoms with E-state index in [4.69, 9.17) is 0 Å². The highest BCUT2D eigenvalue weighted by Crippen LogP contribution is 2.26. The van der Waals surface area contributed by atoms with Gasteiger partial charge < -0.3 is 4.98 Å². The van der Waals surface area contributed by atoms with Gasteiger partial charge in [-0.15, -0.1) is 0 Å². The molecule has 19 heavy (non-hydrogen) atoms. The highest BCUT2D eigenvalue weighted by atomic mass is 14.9. The smallest absolute Gasteiger partial charge is 0.109 e. The Kier molecular flexibility index (Phi) is 4.78. The predicted molar refractivity (Wildman–Crippen MR) is 81.3 cm³/mol. The number of imidazole rings is 1. The second-order valence-electron chi connectivity index (χ2n) is 5.32. The number of aryl methyl sites for hydroxylation is 1. The molecule has 1 N–H and O–H groups in total. The summed E-state index contributed by atoms with van der Waals surface area (Å²) in [5, 5.41) is 0. The van der Waals surface area contributed by atoms with Crippen molar-refractivity contribution in [3.8, 4) is 11.3 Å². The number of aromatic amines is 1. The molecule has 0 unspecified atom stereocenters. The van der Waals surface area contributed by atoms with E-state index in [9.17, 15) is 0 Å². The van der Waals surface area contributed by atoms with Gasteiger partial charge in [0.1, 0.15) is 5.82 Å². The molecular weight excluding hydrogens is 231 g/mol. The van der Waals surface area contributed by atoms with Crippen LogP contribution in [0.2, 0.25) is 0 Å². The minimum atomic E-state index is 0.578. The zero-order valence-electron chi connectivity index (χ0n) is 12.2. The molecule has 0 saturated heterocycles. The largest absolute Gasteiger partial charge is 0.342 e. The third-order valence-corrected chi connectivity index (χ3v) is 3.62. The summed E-state index contributed by atoms with van der Waals surface area (Å²) < 4.78 is 0. The van der Waals surface area contributed by atoms with E-state index in [1.807, 2.05) is 6.20 Å². The van der Waals surface area contributed by atoms with E-state index in [1.165, 1.54) is 36.8 Å². The summed E-state index contributed by atoms with van der Waals surface area (Å²) in [6.45, 7) is 6.60. The standard InChI is InChI=1S/C17H24N2/c1-4-6-15(7-5-2)17-18-12-16(19-17)14-10-8-13(3)9-11-14/h8-12,15H,4-7H2,1-3H3,(H,18,19)/i3-1. The SMILES string of the molecule is CCCC(CCC)c1ncc(-c2ccc([11CH3])cc2)[nH]1. The van der Waals surface area contributed by atoms with E-state index in [2.05, 4.69) is 55.0 Å². The Hall–Kier alpha value is -1.57. The van der Waals surface area contributed by atoms with E-state index in [0.717, 1.165) is 11.5 Å². The molecule has 0 aliphatic rings. The summed E-state index contributed by atoms with van der Waals surface area (Å²) in [6, 6.07) is 8.60. The lowest BCUT2D eigenvalue weighted by Gasteiger charge is -2.11. The van der Waals surface area contributed by atoms with Crippen molar-refractivity contribution >= 4 is 0 Å². The number of nitrogens with one attached hydrogen (secondary N) is 1. The van der Waals surface area contributed by atoms with E-state index in [1.54, 1.807) is 0 Å². The number of H-pyrrole nitrogens is 1. The van der Waals surface area contributed by atoms with Crippen LogP contribution in [0, 0.1) is 6.92 Å². The first-order valence-corrected chi connectivity index (χ1v) is 7.36. The first-order chi connectivity index (χ1) is 9.24. The Morgan fingerprint density at radius 2 is 1.68 bits per heavy atom. The van der Waals surface area contributed by atoms with Crippen molar-refractivity contribution in [1.29, 1.82) is 0 Å². The Morgan fingerprint density at radius 3 is 2.26 bits per heavy atom. The van der Waals surface area contributed by atoms with Gasteiger partial charge >= 0.3 is 0 Å². The Bertz CT molecular complexity index is 490. The minimum absolute atomic E-state index is 0.578. The molecule has 0 aliphatic heterocycles. The van der Waals surface area contributed by atoms with Crippen molar-refractivity contribution in [2.75, 3.05) is 0 Å². The van der Waals surface area contributed by atoms with Gasteiger partial charge in [-0.25, -0.2) is 4.98 Å². The maximum Gasteiger partial charge on any atom is 0.109 e. The van der Waals surface area contributed by atoms with Gasteiger partial charge in [0.25, 0.3) is 0 Å². The monoisotopic (exact) mass is 255 g/mol. The number of hydrogen-bond donors (Lipinski definition) is 1. The third-order valence-electron chi connectivity index (χ3n) is 3.62. The predicted octanol–water partition coefficient (Wildman–Crippen LogP) is 5.07. The Balaban J connectivity index is 2.19. The number of aromatic nitrogens is 2. The molecule has 0 spiro atoms. The maximum atomic E-state index is 4.60. The van der Waals surface area contributed by atoms with Crippen LogP contribution in [0.1, 0.15) is 56.8 Å². The summed E-state index contributed by atoms with van der Waals surface area (Å²) in [7, 11) is 0. The summed E-state index contributed by atoms with van der Waals surface area (Å²) >= 11 is 0. The highest BCUT2D eigenvalue weighted by molar-refractivity contribution is 5.58. The van der Waals surface area contributed by atoms with Gasteiger partial charge in [-0.1, -0.05) is 56.5 Å². The summed E-state index contributed by atoms with van der Waals surface area (Å²) in [5.74, 6) is 1.73. The summed E-state index contributed by atoms with van der Waals surface area (Å²) in [6.07, 6.45) is 6.83. The van der Waals surface area contributed by atoms with Crippen molar-refractivity contribution in [3.63, 3.8) is 0 Å². The molecule has 0 aliphatic carbocycles. The van der Waals surface area contributed by atoms with Gasteiger partial charge in [-0.3, -0.25) is 0 Å². The van der Waals surface area contributed by atoms with Crippen LogP contribution in [-0.2, 0) is 0 Å². The number of hydrogen-bond acceptors (Lipinski definition) is 1. The second-order valence-corrected chi connectivity index (χ2v) is 5.32. The van der Waals surface area contributed by atoms with E-state index in [-0.39, 0.29) is 0 Å². The van der Waals surface area contributed by atoms with E-state index < -0.39 is 0 Å². The van der Waals surface area contributed by atoms with Crippen LogP contribution in [-0.4, -0.2) is 9.97 Å². The molecule has 0 bridgehead atoms. The average molecular weight is 255 g/mol. The molecule has 1 aromatic carbocycles. The van der Waals surface area contributed by atoms with Crippen molar-refractivity contribution in [2.45, 2.75) is 52.4 Å². The lowest BCUT2D eigenvalue weighted by molar-refractivity contribution is 0.538. The molecule has 2 heteroatoms. The zero-order chi connectivity index (χ0) is 13.7. The second kappa shape index (κ2) is 6.55. The lowest BCUT2D eigenvalue weighted by atomic mass is 9.98. The number of rotatable bonds is 6. The molecule has 0 atom stereocenters. The van der Waals surface area contributed by atoms with Gasteiger partial charge in [0.2, 0.25) is 0 Å². The van der Waals surface area contributed by atoms with E-state index in [0.29, 0.717) is 5.92 Å². The molecule has 2 nitrogen and oxygen atoms in total. The lowest BCUT2D eigenvalue weighted by Crippen LogP contribution is -2.00. The van der Waals surface area contributed by atoms with Crippen LogP contribution < -0.4 is 0 Å². The normalized spacial score (nSPS) is 11.2. The molecule has 2 aromatic rings. The van der Waals surface area contributed by atoms with Gasteiger partial charge in [0.05, 0.1) is 11.9 Å². The number of nitrogens with zero attached hydrogens (tertiary/aromatic N) is 1. The zero-order valence-corrected chi connectivity index (χ0v) is 12.2. The molecule has 0 saturated carbocycles. The molecular formula is C17H24N2. The van der Waals surface area contributed by atoms with Crippen molar-refractivity contribution in [1.82, 2.24) is 9.97 Å². The van der Waals surface area contributed by atoms with Crippen LogP contribution in [0.3, 0.4) is 0 Å². The average Bonchev–Trinajstić information content (AvgIpc) is 2.89. The number of benzene rings is 1. The topological polar surface area (TPSA) is 28.7 Å².